The Balaban J connectivity index is 2.04. The molecule has 1 N–H and O–H groups in total. The second kappa shape index (κ2) is 8.74. The Kier molecular flexibility index (Phi) is 6.37. The monoisotopic (exact) mass is 383 g/mol. The Labute approximate surface area is 165 Å². The second-order valence-electron chi connectivity index (χ2n) is 6.70. The van der Waals surface area contributed by atoms with Gasteiger partial charge in [0.1, 0.15) is 5.83 Å². The van der Waals surface area contributed by atoms with Crippen LogP contribution in [0.2, 0.25) is 0 Å². The van der Waals surface area contributed by atoms with E-state index >= 15 is 0 Å². The van der Waals surface area contributed by atoms with Gasteiger partial charge in [0.2, 0.25) is 0 Å². The fourth-order valence-corrected chi connectivity index (χ4v) is 4.00. The third kappa shape index (κ3) is 4.43. The van der Waals surface area contributed by atoms with E-state index in [1.165, 1.54) is 10.5 Å². The van der Waals surface area contributed by atoms with Gasteiger partial charge in [0.05, 0.1) is 6.54 Å². The summed E-state index contributed by atoms with van der Waals surface area (Å²) in [6.07, 6.45) is 1.60. The minimum absolute atomic E-state index is 0.127. The highest BCUT2D eigenvalue weighted by Gasteiger charge is 2.16. The molecule has 3 rings (SSSR count). The highest BCUT2D eigenvalue weighted by molar-refractivity contribution is 7.97. The Morgan fingerprint density at radius 1 is 1.15 bits per heavy atom. The van der Waals surface area contributed by atoms with Crippen LogP contribution in [0.15, 0.2) is 65.3 Å². The van der Waals surface area contributed by atoms with Gasteiger partial charge in [0.25, 0.3) is 0 Å². The predicted octanol–water partition coefficient (Wildman–Crippen LogP) is 5.26. The largest absolute Gasteiger partial charge is 0.337 e. The molecule has 0 aliphatic heterocycles. The van der Waals surface area contributed by atoms with Gasteiger partial charge in [0.15, 0.2) is 0 Å². The molecule has 0 radical (unpaired) electrons. The number of rotatable bonds is 7. The maximum atomic E-state index is 14.4. The quantitative estimate of drug-likeness (QED) is 0.562. The molecule has 0 fully saturated rings. The lowest BCUT2D eigenvalue weighted by Gasteiger charge is -2.10. The molecule has 3 aromatic rings. The summed E-state index contributed by atoms with van der Waals surface area (Å²) >= 11 is 1.70. The zero-order valence-corrected chi connectivity index (χ0v) is 17.1. The highest BCUT2D eigenvalue weighted by atomic mass is 32.2. The van der Waals surface area contributed by atoms with Gasteiger partial charge >= 0.3 is 0 Å². The van der Waals surface area contributed by atoms with Crippen molar-refractivity contribution in [3.8, 4) is 11.1 Å². The van der Waals surface area contributed by atoms with Crippen molar-refractivity contribution in [2.45, 2.75) is 18.4 Å². The summed E-state index contributed by atoms with van der Waals surface area (Å²) in [5.74, 6) is -0.127. The van der Waals surface area contributed by atoms with Crippen LogP contribution in [0.3, 0.4) is 0 Å². The van der Waals surface area contributed by atoms with Crippen LogP contribution in [0.5, 0.6) is 0 Å². The molecule has 3 nitrogen and oxygen atoms in total. The molecule has 1 aromatic heterocycles. The molecular weight excluding hydrogens is 357 g/mol. The van der Waals surface area contributed by atoms with Crippen LogP contribution >= 0.6 is 11.9 Å². The zero-order valence-electron chi connectivity index (χ0n) is 16.3. The first kappa shape index (κ1) is 19.7. The van der Waals surface area contributed by atoms with E-state index in [1.807, 2.05) is 33.3 Å². The number of nitrogens with zero attached hydrogens (tertiary/aromatic N) is 2. The number of aromatic nitrogens is 1. The minimum Gasteiger partial charge on any atom is -0.337 e. The Hall–Kier alpha value is -2.08. The van der Waals surface area contributed by atoms with Crippen LogP contribution < -0.4 is 5.32 Å². The minimum atomic E-state index is -0.127. The summed E-state index contributed by atoms with van der Waals surface area (Å²) in [5, 5.41) is 4.11. The van der Waals surface area contributed by atoms with Crippen LogP contribution in [0.25, 0.3) is 22.0 Å². The zero-order chi connectivity index (χ0) is 19.4. The van der Waals surface area contributed by atoms with E-state index in [-0.39, 0.29) is 12.4 Å². The molecule has 2 aromatic carbocycles. The normalized spacial score (nSPS) is 12.3. The van der Waals surface area contributed by atoms with Crippen LogP contribution in [0.4, 0.5) is 4.39 Å². The molecule has 0 bridgehead atoms. The van der Waals surface area contributed by atoms with E-state index < -0.39 is 0 Å². The molecule has 27 heavy (non-hydrogen) atoms. The number of allylic oxidation sites excluding steroid dienone is 1. The van der Waals surface area contributed by atoms with E-state index in [2.05, 4.69) is 57.5 Å². The predicted molar refractivity (Wildman–Crippen MR) is 115 cm³/mol. The van der Waals surface area contributed by atoms with E-state index in [4.69, 9.17) is 0 Å². The van der Waals surface area contributed by atoms with Crippen molar-refractivity contribution in [3.63, 3.8) is 0 Å². The molecular formula is C22H26FN3S. The summed E-state index contributed by atoms with van der Waals surface area (Å²) in [4.78, 5) is 1.20. The van der Waals surface area contributed by atoms with Gasteiger partial charge in [-0.2, -0.15) is 0 Å². The Bertz CT molecular complexity index is 942. The van der Waals surface area contributed by atoms with Crippen molar-refractivity contribution in [2.75, 3.05) is 27.7 Å². The van der Waals surface area contributed by atoms with Crippen LogP contribution in [-0.4, -0.2) is 36.6 Å². The molecule has 0 saturated carbocycles. The van der Waals surface area contributed by atoms with Crippen LogP contribution in [0.1, 0.15) is 5.69 Å². The third-order valence-corrected chi connectivity index (χ3v) is 5.35. The first-order valence-electron chi connectivity index (χ1n) is 9.04. The average molecular weight is 384 g/mol. The number of halogens is 1. The molecule has 0 amide bonds. The standard InChI is InChI=1S/C22H26FN3S/c1-16-22(17-9-11-19(12-10-17)27-25(3)4)20-7-5-6-8-21(20)26(16)15-18(23)13-14-24-2/h5-13,24H,14-15H2,1-4H3/b18-13-. The number of nitrogens with one attached hydrogen (secondary N) is 1. The maximum Gasteiger partial charge on any atom is 0.117 e. The van der Waals surface area contributed by atoms with Crippen molar-refractivity contribution in [2.24, 2.45) is 0 Å². The lowest BCUT2D eigenvalue weighted by molar-refractivity contribution is 0.553. The third-order valence-electron chi connectivity index (χ3n) is 4.50. The second-order valence-corrected chi connectivity index (χ2v) is 8.08. The first-order chi connectivity index (χ1) is 13.0. The molecule has 0 unspecified atom stereocenters. The van der Waals surface area contributed by atoms with E-state index in [0.717, 1.165) is 22.2 Å². The lowest BCUT2D eigenvalue weighted by atomic mass is 10.0. The molecule has 142 valence electrons. The fraction of sp³-hybridized carbons (Fsp3) is 0.273. The van der Waals surface area contributed by atoms with Crippen molar-refractivity contribution in [1.82, 2.24) is 14.2 Å². The van der Waals surface area contributed by atoms with Gasteiger partial charge in [-0.3, -0.25) is 4.31 Å². The Morgan fingerprint density at radius 3 is 2.52 bits per heavy atom. The molecule has 5 heteroatoms. The molecule has 0 aliphatic rings. The Morgan fingerprint density at radius 2 is 1.85 bits per heavy atom. The van der Waals surface area contributed by atoms with Gasteiger partial charge in [-0.1, -0.05) is 30.3 Å². The van der Waals surface area contributed by atoms with Gasteiger partial charge in [-0.15, -0.1) is 0 Å². The topological polar surface area (TPSA) is 20.2 Å². The molecule has 0 atom stereocenters. The van der Waals surface area contributed by atoms with Crippen molar-refractivity contribution in [1.29, 1.82) is 0 Å². The smallest absolute Gasteiger partial charge is 0.117 e. The fourth-order valence-electron chi connectivity index (χ4n) is 3.32. The van der Waals surface area contributed by atoms with Gasteiger partial charge in [0, 0.05) is 33.6 Å². The summed E-state index contributed by atoms with van der Waals surface area (Å²) in [7, 11) is 5.88. The van der Waals surface area contributed by atoms with Crippen molar-refractivity contribution in [3.05, 3.63) is 66.1 Å². The number of para-hydroxylation sites is 1. The van der Waals surface area contributed by atoms with Crippen molar-refractivity contribution < 1.29 is 4.39 Å². The number of fused-ring (bicyclic) bond motifs is 1. The summed E-state index contributed by atoms with van der Waals surface area (Å²) < 4.78 is 18.5. The highest BCUT2D eigenvalue weighted by Crippen LogP contribution is 2.36. The molecule has 0 aliphatic carbocycles. The SMILES string of the molecule is CNC/C=C(\F)Cn1c(C)c(-c2ccc(SN(C)C)cc2)c2ccccc21. The summed E-state index contributed by atoms with van der Waals surface area (Å²) in [6.45, 7) is 2.85. The van der Waals surface area contributed by atoms with Gasteiger partial charge in [-0.25, -0.2) is 4.39 Å². The van der Waals surface area contributed by atoms with Crippen molar-refractivity contribution >= 4 is 22.9 Å². The number of hydrogen-bond donors (Lipinski definition) is 1. The lowest BCUT2D eigenvalue weighted by Crippen LogP contribution is -2.07. The van der Waals surface area contributed by atoms with E-state index in [1.54, 1.807) is 18.0 Å². The maximum absolute atomic E-state index is 14.4. The van der Waals surface area contributed by atoms with E-state index in [9.17, 15) is 4.39 Å². The van der Waals surface area contributed by atoms with Crippen LogP contribution in [0, 0.1) is 6.92 Å². The van der Waals surface area contributed by atoms with E-state index in [0.29, 0.717) is 6.54 Å². The van der Waals surface area contributed by atoms with Gasteiger partial charge in [-0.05, 0) is 69.9 Å². The number of benzene rings is 2. The molecule has 0 spiro atoms. The van der Waals surface area contributed by atoms with Gasteiger partial charge < -0.3 is 9.88 Å². The summed E-state index contributed by atoms with van der Waals surface area (Å²) in [6, 6.07) is 16.8. The first-order valence-corrected chi connectivity index (χ1v) is 9.81. The number of likely N-dealkylation sites (N-methyl/N-ethyl adjacent to an activating group) is 1. The molecule has 1 heterocycles. The summed E-state index contributed by atoms with van der Waals surface area (Å²) in [5.41, 5.74) is 4.47. The van der Waals surface area contributed by atoms with Crippen LogP contribution in [-0.2, 0) is 6.54 Å². The number of hydrogen-bond acceptors (Lipinski definition) is 3. The molecule has 0 saturated heterocycles. The average Bonchev–Trinajstić information content (AvgIpc) is 2.92.